The van der Waals surface area contributed by atoms with Gasteiger partial charge in [-0.25, -0.2) is 0 Å². The molecule has 0 aromatic carbocycles. The third-order valence-electron chi connectivity index (χ3n) is 1.83. The Labute approximate surface area is 60.4 Å². The fourth-order valence-corrected chi connectivity index (χ4v) is 1.44. The van der Waals surface area contributed by atoms with E-state index in [0.29, 0.717) is 0 Å². The van der Waals surface area contributed by atoms with Gasteiger partial charge < -0.3 is 0 Å². The molecular formula is C8H10N2. The van der Waals surface area contributed by atoms with E-state index < -0.39 is 0 Å². The van der Waals surface area contributed by atoms with Crippen molar-refractivity contribution in [3.63, 3.8) is 0 Å². The van der Waals surface area contributed by atoms with Gasteiger partial charge in [-0.2, -0.15) is 0 Å². The molecule has 0 saturated heterocycles. The topological polar surface area (TPSA) is 24.7 Å². The molecule has 2 aliphatic heterocycles. The van der Waals surface area contributed by atoms with E-state index in [4.69, 9.17) is 0 Å². The van der Waals surface area contributed by atoms with Crippen LogP contribution in [0.5, 0.6) is 0 Å². The lowest BCUT2D eigenvalue weighted by molar-refractivity contribution is 1.20. The Kier molecular flexibility index (Phi) is 1.04. The number of hydrogen-bond acceptors (Lipinski definition) is 2. The van der Waals surface area contributed by atoms with Gasteiger partial charge in [0, 0.05) is 24.3 Å². The summed E-state index contributed by atoms with van der Waals surface area (Å²) in [6.07, 6.45) is 1.96. The monoisotopic (exact) mass is 134 g/mol. The van der Waals surface area contributed by atoms with Crippen LogP contribution in [-0.4, -0.2) is 11.4 Å². The minimum absolute atomic E-state index is 0.979. The van der Waals surface area contributed by atoms with Gasteiger partial charge in [-0.15, -0.1) is 0 Å². The smallest absolute Gasteiger partial charge is 0.0677 e. The predicted octanol–water partition coefficient (Wildman–Crippen LogP) is 1.93. The fourth-order valence-electron chi connectivity index (χ4n) is 1.44. The van der Waals surface area contributed by atoms with Crippen molar-refractivity contribution in [1.29, 1.82) is 0 Å². The molecule has 0 aromatic rings. The molecule has 2 heterocycles. The molecule has 0 fully saturated rings. The summed E-state index contributed by atoms with van der Waals surface area (Å²) < 4.78 is 0. The van der Waals surface area contributed by atoms with Crippen molar-refractivity contribution in [1.82, 2.24) is 0 Å². The largest absolute Gasteiger partial charge is 0.260 e. The summed E-state index contributed by atoms with van der Waals surface area (Å²) in [5.41, 5.74) is 4.83. The zero-order valence-corrected chi connectivity index (χ0v) is 6.31. The van der Waals surface area contributed by atoms with Crippen molar-refractivity contribution in [3.8, 4) is 0 Å². The van der Waals surface area contributed by atoms with Crippen molar-refractivity contribution >= 4 is 11.4 Å². The fraction of sp³-hybridized carbons (Fsp3) is 0.500. The van der Waals surface area contributed by atoms with E-state index in [1.807, 2.05) is 0 Å². The average molecular weight is 134 g/mol. The second kappa shape index (κ2) is 1.78. The molecule has 52 valence electrons. The molecule has 0 amide bonds. The first kappa shape index (κ1) is 5.83. The number of nitrogens with zero attached hydrogens (tertiary/aromatic N) is 2. The lowest BCUT2D eigenvalue weighted by Gasteiger charge is -1.90. The van der Waals surface area contributed by atoms with E-state index in [0.717, 1.165) is 12.8 Å². The number of rotatable bonds is 0. The highest BCUT2D eigenvalue weighted by atomic mass is 14.9. The Morgan fingerprint density at radius 3 is 1.70 bits per heavy atom. The molecule has 10 heavy (non-hydrogen) atoms. The van der Waals surface area contributed by atoms with Crippen LogP contribution in [0.1, 0.15) is 26.7 Å². The zero-order chi connectivity index (χ0) is 7.14. The first-order valence-corrected chi connectivity index (χ1v) is 3.56. The molecule has 0 aromatic heterocycles. The van der Waals surface area contributed by atoms with Gasteiger partial charge in [-0.1, -0.05) is 0 Å². The summed E-state index contributed by atoms with van der Waals surface area (Å²) in [5, 5.41) is 0. The van der Waals surface area contributed by atoms with Crippen LogP contribution < -0.4 is 0 Å². The van der Waals surface area contributed by atoms with E-state index in [1.54, 1.807) is 0 Å². The normalized spacial score (nSPS) is 23.0. The third kappa shape index (κ3) is 0.719. The van der Waals surface area contributed by atoms with Crippen LogP contribution in [0.3, 0.4) is 0 Å². The van der Waals surface area contributed by atoms with Gasteiger partial charge in [-0.3, -0.25) is 9.98 Å². The van der Waals surface area contributed by atoms with Gasteiger partial charge in [0.1, 0.15) is 0 Å². The molecule has 0 radical (unpaired) electrons. The van der Waals surface area contributed by atoms with Gasteiger partial charge in [0.15, 0.2) is 0 Å². The zero-order valence-electron chi connectivity index (χ0n) is 6.31. The second-order valence-electron chi connectivity index (χ2n) is 2.94. The summed E-state index contributed by atoms with van der Waals surface area (Å²) in [5.74, 6) is 0. The van der Waals surface area contributed by atoms with E-state index in [2.05, 4.69) is 23.8 Å². The summed E-state index contributed by atoms with van der Waals surface area (Å²) in [6, 6.07) is 0. The van der Waals surface area contributed by atoms with Crippen LogP contribution in [0, 0.1) is 0 Å². The van der Waals surface area contributed by atoms with Gasteiger partial charge >= 0.3 is 0 Å². The summed E-state index contributed by atoms with van der Waals surface area (Å²) in [4.78, 5) is 8.77. The Morgan fingerprint density at radius 2 is 1.30 bits per heavy atom. The van der Waals surface area contributed by atoms with Gasteiger partial charge in [0.25, 0.3) is 0 Å². The van der Waals surface area contributed by atoms with Crippen LogP contribution in [0.2, 0.25) is 0 Å². The molecule has 0 bridgehead atoms. The molecule has 0 N–H and O–H groups in total. The molecule has 2 rings (SSSR count). The third-order valence-corrected chi connectivity index (χ3v) is 1.83. The van der Waals surface area contributed by atoms with Crippen LogP contribution in [-0.2, 0) is 0 Å². The number of hydrogen-bond donors (Lipinski definition) is 0. The maximum atomic E-state index is 4.38. The van der Waals surface area contributed by atoms with Gasteiger partial charge in [0.2, 0.25) is 0 Å². The highest BCUT2D eigenvalue weighted by Gasteiger charge is 2.19. The maximum absolute atomic E-state index is 4.38. The molecule has 2 nitrogen and oxygen atoms in total. The van der Waals surface area contributed by atoms with E-state index in [-0.39, 0.29) is 0 Å². The summed E-state index contributed by atoms with van der Waals surface area (Å²) in [7, 11) is 0. The van der Waals surface area contributed by atoms with Crippen LogP contribution in [0.4, 0.5) is 0 Å². The van der Waals surface area contributed by atoms with Crippen molar-refractivity contribution in [3.05, 3.63) is 11.4 Å². The Hall–Kier alpha value is -0.920. The maximum Gasteiger partial charge on any atom is 0.0677 e. The Bertz CT molecular complexity index is 241. The lowest BCUT2D eigenvalue weighted by Crippen LogP contribution is -1.89. The molecule has 0 atom stereocenters. The number of allylic oxidation sites excluding steroid dienone is 2. The van der Waals surface area contributed by atoms with Crippen LogP contribution in [0.25, 0.3) is 0 Å². The highest BCUT2D eigenvalue weighted by molar-refractivity contribution is 5.95. The van der Waals surface area contributed by atoms with Crippen molar-refractivity contribution < 1.29 is 0 Å². The van der Waals surface area contributed by atoms with E-state index in [9.17, 15) is 0 Å². The number of aliphatic imine (C=N–C) groups is 2. The lowest BCUT2D eigenvalue weighted by atomic mass is 10.2. The van der Waals surface area contributed by atoms with Crippen LogP contribution in [0.15, 0.2) is 21.4 Å². The first-order valence-electron chi connectivity index (χ1n) is 3.56. The molecule has 0 spiro atoms. The predicted molar refractivity (Wildman–Crippen MR) is 42.5 cm³/mol. The SMILES string of the molecule is CC1=NC2=C(C1)N=C(C)C2. The minimum Gasteiger partial charge on any atom is -0.260 e. The van der Waals surface area contributed by atoms with Gasteiger partial charge in [-0.05, 0) is 13.8 Å². The molecule has 2 aliphatic rings. The summed E-state index contributed by atoms with van der Waals surface area (Å²) >= 11 is 0. The van der Waals surface area contributed by atoms with Gasteiger partial charge in [0.05, 0.1) is 11.4 Å². The molecule has 0 unspecified atom stereocenters. The van der Waals surface area contributed by atoms with E-state index in [1.165, 1.54) is 22.8 Å². The van der Waals surface area contributed by atoms with E-state index >= 15 is 0 Å². The second-order valence-corrected chi connectivity index (χ2v) is 2.94. The van der Waals surface area contributed by atoms with Crippen molar-refractivity contribution in [2.24, 2.45) is 9.98 Å². The highest BCUT2D eigenvalue weighted by Crippen LogP contribution is 2.28. The first-order chi connectivity index (χ1) is 4.75. The molecular weight excluding hydrogens is 124 g/mol. The van der Waals surface area contributed by atoms with Crippen molar-refractivity contribution in [2.75, 3.05) is 0 Å². The molecule has 0 aliphatic carbocycles. The van der Waals surface area contributed by atoms with Crippen LogP contribution >= 0.6 is 0 Å². The Morgan fingerprint density at radius 1 is 0.900 bits per heavy atom. The Balaban J connectivity index is 2.28. The average Bonchev–Trinajstić information content (AvgIpc) is 2.21. The molecule has 2 heteroatoms. The summed E-state index contributed by atoms with van der Waals surface area (Å²) in [6.45, 7) is 4.12. The quantitative estimate of drug-likeness (QED) is 0.483. The standard InChI is InChI=1S/C8H10N2/c1-5-3-7-8(9-5)4-6(2)10-7/h3-4H2,1-2H3. The minimum atomic E-state index is 0.979. The molecule has 0 saturated carbocycles. The van der Waals surface area contributed by atoms with Crippen molar-refractivity contribution in [2.45, 2.75) is 26.7 Å².